The molecule has 0 unspecified atom stereocenters. The van der Waals surface area contributed by atoms with Crippen molar-refractivity contribution < 1.29 is 14.0 Å². The van der Waals surface area contributed by atoms with Crippen molar-refractivity contribution in [3.05, 3.63) is 34.4 Å². The maximum absolute atomic E-state index is 10.8. The molecule has 0 atom stereocenters. The molecular formula is C6H4Cl2NO4P. The van der Waals surface area contributed by atoms with E-state index in [2.05, 4.69) is 4.52 Å². The van der Waals surface area contributed by atoms with Gasteiger partial charge in [-0.25, -0.2) is 4.57 Å². The van der Waals surface area contributed by atoms with Crippen molar-refractivity contribution in [2.45, 2.75) is 0 Å². The molecule has 0 saturated heterocycles. The number of non-ortho nitro benzene ring substituents is 1. The first-order valence-electron chi connectivity index (χ1n) is 3.32. The molecule has 0 amide bonds. The number of nitro benzene ring substituents is 1. The van der Waals surface area contributed by atoms with Gasteiger partial charge in [-0.15, -0.1) is 0 Å². The third kappa shape index (κ3) is 3.54. The van der Waals surface area contributed by atoms with Crippen LogP contribution in [0.5, 0.6) is 5.75 Å². The molecule has 0 saturated carbocycles. The standard InChI is InChI=1S/C6H4Cl2NO4P/c7-14(8,12)13-6-3-1-5(2-4-6)9(10)11/h1-4H. The molecule has 0 aliphatic rings. The largest absolute Gasteiger partial charge is 0.428 e. The second-order valence-electron chi connectivity index (χ2n) is 2.26. The van der Waals surface area contributed by atoms with E-state index in [0.29, 0.717) is 0 Å². The second-order valence-corrected chi connectivity index (χ2v) is 6.46. The number of halogens is 2. The first-order valence-corrected chi connectivity index (χ1v) is 6.75. The smallest absolute Gasteiger partial charge is 0.422 e. The normalized spacial score (nSPS) is 11.0. The zero-order valence-electron chi connectivity index (χ0n) is 6.59. The molecule has 0 spiro atoms. The number of hydrogen-bond acceptors (Lipinski definition) is 4. The third-order valence-electron chi connectivity index (χ3n) is 1.26. The zero-order valence-corrected chi connectivity index (χ0v) is 9.00. The number of hydrogen-bond donors (Lipinski definition) is 0. The van der Waals surface area contributed by atoms with Gasteiger partial charge in [-0.2, -0.15) is 0 Å². The van der Waals surface area contributed by atoms with Gasteiger partial charge in [0.2, 0.25) is 0 Å². The van der Waals surface area contributed by atoms with Gasteiger partial charge in [0.15, 0.2) is 0 Å². The van der Waals surface area contributed by atoms with Crippen molar-refractivity contribution in [2.75, 3.05) is 0 Å². The van der Waals surface area contributed by atoms with Gasteiger partial charge in [0.05, 0.1) is 4.92 Å². The zero-order chi connectivity index (χ0) is 10.8. The maximum Gasteiger partial charge on any atom is 0.428 e. The van der Waals surface area contributed by atoms with Crippen LogP contribution >= 0.6 is 28.6 Å². The highest BCUT2D eigenvalue weighted by Crippen LogP contribution is 2.57. The van der Waals surface area contributed by atoms with Gasteiger partial charge in [-0.3, -0.25) is 10.1 Å². The number of benzene rings is 1. The van der Waals surface area contributed by atoms with E-state index in [1.54, 1.807) is 0 Å². The molecule has 1 rings (SSSR count). The number of nitrogens with zero attached hydrogens (tertiary/aromatic N) is 1. The molecule has 1 aromatic carbocycles. The topological polar surface area (TPSA) is 69.4 Å². The van der Waals surface area contributed by atoms with Crippen LogP contribution in [0, 0.1) is 10.1 Å². The lowest BCUT2D eigenvalue weighted by molar-refractivity contribution is -0.384. The molecule has 5 nitrogen and oxygen atoms in total. The Labute approximate surface area is 88.8 Å². The lowest BCUT2D eigenvalue weighted by Crippen LogP contribution is -1.87. The van der Waals surface area contributed by atoms with Crippen molar-refractivity contribution in [1.82, 2.24) is 0 Å². The molecule has 0 aliphatic heterocycles. The van der Waals surface area contributed by atoms with E-state index < -0.39 is 11.0 Å². The fourth-order valence-electron chi connectivity index (χ4n) is 0.751. The molecule has 0 N–H and O–H groups in total. The van der Waals surface area contributed by atoms with Gasteiger partial charge < -0.3 is 4.52 Å². The predicted molar refractivity (Wildman–Crippen MR) is 53.0 cm³/mol. The van der Waals surface area contributed by atoms with Crippen LogP contribution in [0.3, 0.4) is 0 Å². The van der Waals surface area contributed by atoms with Crippen molar-refractivity contribution in [2.24, 2.45) is 0 Å². The Morgan fingerprint density at radius 3 is 2.14 bits per heavy atom. The van der Waals surface area contributed by atoms with E-state index in [1.807, 2.05) is 0 Å². The summed E-state index contributed by atoms with van der Waals surface area (Å²) in [4.78, 5) is 9.69. The van der Waals surface area contributed by atoms with Gasteiger partial charge in [-0.1, -0.05) is 0 Å². The van der Waals surface area contributed by atoms with E-state index in [4.69, 9.17) is 22.5 Å². The van der Waals surface area contributed by atoms with Crippen molar-refractivity contribution in [3.8, 4) is 5.75 Å². The van der Waals surface area contributed by atoms with Crippen LogP contribution in [-0.2, 0) is 4.57 Å². The second kappa shape index (κ2) is 4.17. The maximum atomic E-state index is 10.8. The Hall–Kier alpha value is -0.770. The minimum absolute atomic E-state index is 0.101. The Morgan fingerprint density at radius 2 is 1.79 bits per heavy atom. The van der Waals surface area contributed by atoms with E-state index >= 15 is 0 Å². The Kier molecular flexibility index (Phi) is 3.37. The fraction of sp³-hybridized carbons (Fsp3) is 0. The molecule has 0 fully saturated rings. The Morgan fingerprint density at radius 1 is 1.29 bits per heavy atom. The van der Waals surface area contributed by atoms with Crippen LogP contribution in [0.15, 0.2) is 24.3 Å². The predicted octanol–water partition coefficient (Wildman–Crippen LogP) is 3.56. The number of nitro groups is 1. The first-order chi connectivity index (χ1) is 6.38. The van der Waals surface area contributed by atoms with E-state index in [0.717, 1.165) is 0 Å². The van der Waals surface area contributed by atoms with E-state index in [-0.39, 0.29) is 11.4 Å². The van der Waals surface area contributed by atoms with Crippen LogP contribution in [0.1, 0.15) is 0 Å². The van der Waals surface area contributed by atoms with Gasteiger partial charge in [0, 0.05) is 34.6 Å². The molecule has 0 heterocycles. The number of rotatable bonds is 3. The van der Waals surface area contributed by atoms with Gasteiger partial charge >= 0.3 is 6.07 Å². The summed E-state index contributed by atoms with van der Waals surface area (Å²) < 4.78 is 15.4. The van der Waals surface area contributed by atoms with E-state index in [9.17, 15) is 14.7 Å². The summed E-state index contributed by atoms with van der Waals surface area (Å²) in [6, 6.07) is 4.91. The fourth-order valence-corrected chi connectivity index (χ4v) is 1.60. The van der Waals surface area contributed by atoms with Crippen LogP contribution < -0.4 is 4.52 Å². The summed E-state index contributed by atoms with van der Waals surface area (Å²) in [7, 11) is 0. The first kappa shape index (κ1) is 11.3. The van der Waals surface area contributed by atoms with Gasteiger partial charge in [-0.05, 0) is 12.1 Å². The Bertz CT molecular complexity index is 387. The third-order valence-corrected chi connectivity index (χ3v) is 2.10. The van der Waals surface area contributed by atoms with Crippen molar-refractivity contribution in [3.63, 3.8) is 0 Å². The highest BCUT2D eigenvalue weighted by molar-refractivity contribution is 8.05. The summed E-state index contributed by atoms with van der Waals surface area (Å²) >= 11 is 10.3. The minimum Gasteiger partial charge on any atom is -0.422 e. The van der Waals surface area contributed by atoms with Gasteiger partial charge in [0.25, 0.3) is 5.69 Å². The summed E-state index contributed by atoms with van der Waals surface area (Å²) in [5.74, 6) is 0.115. The minimum atomic E-state index is -3.65. The Balaban J connectivity index is 2.84. The summed E-state index contributed by atoms with van der Waals surface area (Å²) in [5, 5.41) is 10.3. The monoisotopic (exact) mass is 255 g/mol. The SMILES string of the molecule is O=[N+]([O-])c1ccc(OP(=O)(Cl)Cl)cc1. The highest BCUT2D eigenvalue weighted by Gasteiger charge is 2.16. The average Bonchev–Trinajstić information content (AvgIpc) is 2.02. The van der Waals surface area contributed by atoms with Crippen molar-refractivity contribution >= 4 is 34.2 Å². The summed E-state index contributed by atoms with van der Waals surface area (Å²) in [5.41, 5.74) is -0.101. The van der Waals surface area contributed by atoms with Crippen LogP contribution in [0.2, 0.25) is 0 Å². The van der Waals surface area contributed by atoms with Crippen LogP contribution in [0.25, 0.3) is 0 Å². The molecule has 0 aromatic heterocycles. The van der Waals surface area contributed by atoms with E-state index in [1.165, 1.54) is 24.3 Å². The lowest BCUT2D eigenvalue weighted by atomic mass is 10.3. The molecular weight excluding hydrogens is 252 g/mol. The molecule has 76 valence electrons. The molecule has 1 aromatic rings. The molecule has 0 radical (unpaired) electrons. The molecule has 8 heteroatoms. The highest BCUT2D eigenvalue weighted by atomic mass is 35.9. The van der Waals surface area contributed by atoms with Gasteiger partial charge in [0.1, 0.15) is 5.75 Å². The molecule has 0 bridgehead atoms. The molecule has 0 aliphatic carbocycles. The summed E-state index contributed by atoms with van der Waals surface area (Å²) in [6.45, 7) is 0. The summed E-state index contributed by atoms with van der Waals surface area (Å²) in [6.07, 6.45) is -3.65. The lowest BCUT2D eigenvalue weighted by Gasteiger charge is -2.04. The van der Waals surface area contributed by atoms with Crippen LogP contribution in [0.4, 0.5) is 5.69 Å². The van der Waals surface area contributed by atoms with Crippen molar-refractivity contribution in [1.29, 1.82) is 0 Å². The molecule has 14 heavy (non-hydrogen) atoms. The quantitative estimate of drug-likeness (QED) is 0.471. The van der Waals surface area contributed by atoms with Crippen LogP contribution in [-0.4, -0.2) is 4.92 Å². The average molecular weight is 256 g/mol.